The standard InChI is InChI=1S/C8H10N2O4/c1-5-2-3-10(9-5)6(8(13)14)4-7(11)12/h2-3,6H,4H2,1H3,(H,11,12)(H,13,14)/t6-/m0/s1. The van der Waals surface area contributed by atoms with Crippen LogP contribution < -0.4 is 0 Å². The molecule has 6 heteroatoms. The molecule has 1 atom stereocenters. The van der Waals surface area contributed by atoms with Crippen LogP contribution in [0.4, 0.5) is 0 Å². The normalized spacial score (nSPS) is 12.4. The van der Waals surface area contributed by atoms with Crippen molar-refractivity contribution in [1.82, 2.24) is 9.78 Å². The van der Waals surface area contributed by atoms with E-state index in [-0.39, 0.29) is 0 Å². The van der Waals surface area contributed by atoms with Crippen molar-refractivity contribution >= 4 is 11.9 Å². The van der Waals surface area contributed by atoms with Gasteiger partial charge >= 0.3 is 11.9 Å². The molecule has 0 aliphatic rings. The first-order chi connectivity index (χ1) is 6.50. The molecule has 0 saturated heterocycles. The van der Waals surface area contributed by atoms with Gasteiger partial charge in [-0.3, -0.25) is 9.48 Å². The number of aromatic nitrogens is 2. The number of carboxylic acid groups (broad SMARTS) is 2. The van der Waals surface area contributed by atoms with Crippen molar-refractivity contribution in [3.8, 4) is 0 Å². The maximum Gasteiger partial charge on any atom is 0.329 e. The van der Waals surface area contributed by atoms with Crippen LogP contribution in [0.15, 0.2) is 12.3 Å². The lowest BCUT2D eigenvalue weighted by Crippen LogP contribution is -2.22. The summed E-state index contributed by atoms with van der Waals surface area (Å²) in [4.78, 5) is 21.1. The third kappa shape index (κ3) is 2.32. The summed E-state index contributed by atoms with van der Waals surface area (Å²) in [6.07, 6.45) is 0.980. The lowest BCUT2D eigenvalue weighted by molar-refractivity contribution is -0.147. The predicted octanol–water partition coefficient (Wildman–Crippen LogP) is 0.292. The van der Waals surface area contributed by atoms with Crippen LogP contribution in [0.25, 0.3) is 0 Å². The van der Waals surface area contributed by atoms with E-state index in [1.807, 2.05) is 0 Å². The van der Waals surface area contributed by atoms with Crippen LogP contribution in [0, 0.1) is 6.92 Å². The Balaban J connectivity index is 2.88. The van der Waals surface area contributed by atoms with Gasteiger partial charge in [0.15, 0.2) is 6.04 Å². The average molecular weight is 198 g/mol. The molecule has 0 bridgehead atoms. The van der Waals surface area contributed by atoms with Gasteiger partial charge in [0.1, 0.15) is 0 Å². The number of hydrogen-bond donors (Lipinski definition) is 2. The fourth-order valence-corrected chi connectivity index (χ4v) is 1.07. The Bertz CT molecular complexity index is 358. The van der Waals surface area contributed by atoms with Crippen molar-refractivity contribution in [2.45, 2.75) is 19.4 Å². The lowest BCUT2D eigenvalue weighted by Gasteiger charge is -2.09. The minimum Gasteiger partial charge on any atom is -0.481 e. The first-order valence-electron chi connectivity index (χ1n) is 3.97. The molecule has 14 heavy (non-hydrogen) atoms. The van der Waals surface area contributed by atoms with Crippen molar-refractivity contribution in [1.29, 1.82) is 0 Å². The molecular formula is C8H10N2O4. The second-order valence-electron chi connectivity index (χ2n) is 2.89. The molecule has 0 amide bonds. The molecule has 0 radical (unpaired) electrons. The van der Waals surface area contributed by atoms with E-state index in [0.717, 1.165) is 4.68 Å². The highest BCUT2D eigenvalue weighted by Crippen LogP contribution is 2.11. The number of nitrogens with zero attached hydrogens (tertiary/aromatic N) is 2. The molecule has 0 aliphatic heterocycles. The van der Waals surface area contributed by atoms with Gasteiger partial charge in [0.05, 0.1) is 12.1 Å². The van der Waals surface area contributed by atoms with Gasteiger partial charge in [0.2, 0.25) is 0 Å². The number of rotatable bonds is 4. The molecule has 0 aliphatic carbocycles. The van der Waals surface area contributed by atoms with E-state index >= 15 is 0 Å². The Morgan fingerprint density at radius 2 is 2.21 bits per heavy atom. The Labute approximate surface area is 79.8 Å². The highest BCUT2D eigenvalue weighted by Gasteiger charge is 2.23. The molecule has 2 N–H and O–H groups in total. The lowest BCUT2D eigenvalue weighted by atomic mass is 10.2. The molecule has 0 spiro atoms. The maximum absolute atomic E-state index is 10.7. The molecule has 1 rings (SSSR count). The predicted molar refractivity (Wildman–Crippen MR) is 45.9 cm³/mol. The number of carboxylic acids is 2. The Kier molecular flexibility index (Phi) is 2.85. The topological polar surface area (TPSA) is 92.4 Å². The number of carbonyl (C=O) groups is 2. The van der Waals surface area contributed by atoms with Gasteiger partial charge in [-0.05, 0) is 13.0 Å². The van der Waals surface area contributed by atoms with Crippen molar-refractivity contribution in [2.75, 3.05) is 0 Å². The van der Waals surface area contributed by atoms with Gasteiger partial charge in [-0.1, -0.05) is 0 Å². The van der Waals surface area contributed by atoms with Crippen molar-refractivity contribution in [3.63, 3.8) is 0 Å². The van der Waals surface area contributed by atoms with Gasteiger partial charge in [-0.2, -0.15) is 5.10 Å². The van der Waals surface area contributed by atoms with E-state index < -0.39 is 24.4 Å². The van der Waals surface area contributed by atoms with E-state index in [4.69, 9.17) is 10.2 Å². The molecular weight excluding hydrogens is 188 g/mol. The minimum atomic E-state index is -1.20. The van der Waals surface area contributed by atoms with Crippen LogP contribution in [0.2, 0.25) is 0 Å². The van der Waals surface area contributed by atoms with Crippen molar-refractivity contribution in [2.24, 2.45) is 0 Å². The quantitative estimate of drug-likeness (QED) is 0.725. The fourth-order valence-electron chi connectivity index (χ4n) is 1.07. The third-order valence-corrected chi connectivity index (χ3v) is 1.71. The first-order valence-corrected chi connectivity index (χ1v) is 3.97. The highest BCUT2D eigenvalue weighted by molar-refractivity contribution is 5.79. The summed E-state index contributed by atoms with van der Waals surface area (Å²) in [5.41, 5.74) is 0.654. The van der Waals surface area contributed by atoms with Gasteiger partial charge in [0, 0.05) is 6.20 Å². The fraction of sp³-hybridized carbons (Fsp3) is 0.375. The summed E-state index contributed by atoms with van der Waals surface area (Å²) in [5, 5.41) is 21.1. The van der Waals surface area contributed by atoms with E-state index in [1.165, 1.54) is 6.20 Å². The summed E-state index contributed by atoms with van der Waals surface area (Å²) in [6, 6.07) is 0.485. The maximum atomic E-state index is 10.7. The van der Waals surface area contributed by atoms with Crippen molar-refractivity contribution < 1.29 is 19.8 Å². The smallest absolute Gasteiger partial charge is 0.329 e. The largest absolute Gasteiger partial charge is 0.481 e. The van der Waals surface area contributed by atoms with Gasteiger partial charge in [-0.25, -0.2) is 4.79 Å². The number of aliphatic carboxylic acids is 2. The van der Waals surface area contributed by atoms with Crippen LogP contribution in [0.1, 0.15) is 18.2 Å². The minimum absolute atomic E-state index is 0.476. The van der Waals surface area contributed by atoms with Crippen LogP contribution in [-0.4, -0.2) is 31.9 Å². The summed E-state index contributed by atoms with van der Waals surface area (Å²) in [5.74, 6) is -2.36. The number of hydrogen-bond acceptors (Lipinski definition) is 3. The monoisotopic (exact) mass is 198 g/mol. The molecule has 6 nitrogen and oxygen atoms in total. The SMILES string of the molecule is Cc1ccn([C@@H](CC(=O)O)C(=O)O)n1. The Hall–Kier alpha value is -1.85. The van der Waals surface area contributed by atoms with E-state index in [0.29, 0.717) is 5.69 Å². The Morgan fingerprint density at radius 3 is 2.57 bits per heavy atom. The summed E-state index contributed by atoms with van der Waals surface area (Å²) in [7, 11) is 0. The second kappa shape index (κ2) is 3.91. The van der Waals surface area contributed by atoms with Gasteiger partial charge in [0.25, 0.3) is 0 Å². The molecule has 0 fully saturated rings. The molecule has 0 aromatic carbocycles. The van der Waals surface area contributed by atoms with Crippen LogP contribution in [-0.2, 0) is 9.59 Å². The van der Waals surface area contributed by atoms with E-state index in [1.54, 1.807) is 13.0 Å². The van der Waals surface area contributed by atoms with Crippen LogP contribution in [0.5, 0.6) is 0 Å². The zero-order valence-electron chi connectivity index (χ0n) is 7.54. The molecule has 1 aromatic heterocycles. The Morgan fingerprint density at radius 1 is 1.57 bits per heavy atom. The van der Waals surface area contributed by atoms with Gasteiger partial charge < -0.3 is 10.2 Å². The van der Waals surface area contributed by atoms with Crippen molar-refractivity contribution in [3.05, 3.63) is 18.0 Å². The first kappa shape index (κ1) is 10.2. The number of aryl methyl sites for hydroxylation is 1. The zero-order chi connectivity index (χ0) is 10.7. The molecule has 76 valence electrons. The molecule has 0 saturated carbocycles. The van der Waals surface area contributed by atoms with Gasteiger partial charge in [-0.15, -0.1) is 0 Å². The van der Waals surface area contributed by atoms with Crippen LogP contribution in [0.3, 0.4) is 0 Å². The van der Waals surface area contributed by atoms with E-state index in [2.05, 4.69) is 5.10 Å². The molecule has 1 heterocycles. The summed E-state index contributed by atoms with van der Waals surface area (Å²) < 4.78 is 1.14. The molecule has 1 aromatic rings. The van der Waals surface area contributed by atoms with E-state index in [9.17, 15) is 9.59 Å². The zero-order valence-corrected chi connectivity index (χ0v) is 7.54. The molecule has 0 unspecified atom stereocenters. The third-order valence-electron chi connectivity index (χ3n) is 1.71. The van der Waals surface area contributed by atoms with Crippen LogP contribution >= 0.6 is 0 Å². The average Bonchev–Trinajstić information content (AvgIpc) is 2.46. The summed E-state index contributed by atoms with van der Waals surface area (Å²) in [6.45, 7) is 1.70. The highest BCUT2D eigenvalue weighted by atomic mass is 16.4. The summed E-state index contributed by atoms with van der Waals surface area (Å²) >= 11 is 0. The second-order valence-corrected chi connectivity index (χ2v) is 2.89.